The molecule has 1 aromatic carbocycles. The van der Waals surface area contributed by atoms with E-state index in [0.29, 0.717) is 13.1 Å². The number of anilines is 1. The van der Waals surface area contributed by atoms with E-state index in [2.05, 4.69) is 10.2 Å². The molecular formula is C17H22F3N3O2. The summed E-state index contributed by atoms with van der Waals surface area (Å²) in [5.74, 6) is 0. The Morgan fingerprint density at radius 3 is 2.64 bits per heavy atom. The Bertz CT molecular complexity index is 595. The lowest BCUT2D eigenvalue weighted by molar-refractivity contribution is -0.137. The largest absolute Gasteiger partial charge is 0.416 e. The number of halogens is 3. The smallest absolute Gasteiger partial charge is 0.377 e. The Morgan fingerprint density at radius 2 is 2.00 bits per heavy atom. The second-order valence-electron chi connectivity index (χ2n) is 6.43. The van der Waals surface area contributed by atoms with Gasteiger partial charge in [0.25, 0.3) is 0 Å². The van der Waals surface area contributed by atoms with Crippen molar-refractivity contribution in [3.8, 4) is 0 Å². The summed E-state index contributed by atoms with van der Waals surface area (Å²) in [6, 6.07) is 4.32. The Kier molecular flexibility index (Phi) is 5.48. The lowest BCUT2D eigenvalue weighted by Crippen LogP contribution is -2.51. The van der Waals surface area contributed by atoms with E-state index in [9.17, 15) is 18.0 Å². The first-order valence-electron chi connectivity index (χ1n) is 8.49. The monoisotopic (exact) mass is 357 g/mol. The van der Waals surface area contributed by atoms with E-state index >= 15 is 0 Å². The van der Waals surface area contributed by atoms with E-state index < -0.39 is 11.7 Å². The fourth-order valence-electron chi connectivity index (χ4n) is 3.19. The predicted octanol–water partition coefficient (Wildman–Crippen LogP) is 3.03. The summed E-state index contributed by atoms with van der Waals surface area (Å²) in [6.07, 6.45) is -1.96. The minimum absolute atomic E-state index is 0.154. The van der Waals surface area contributed by atoms with Crippen LogP contribution in [-0.2, 0) is 10.9 Å². The molecule has 2 aliphatic rings. The molecular weight excluding hydrogens is 335 g/mol. The molecule has 2 fully saturated rings. The third-order valence-electron chi connectivity index (χ3n) is 4.59. The summed E-state index contributed by atoms with van der Waals surface area (Å²) < 4.78 is 43.8. The van der Waals surface area contributed by atoms with Gasteiger partial charge >= 0.3 is 12.2 Å². The van der Waals surface area contributed by atoms with Gasteiger partial charge in [0, 0.05) is 45.0 Å². The third kappa shape index (κ3) is 4.85. The number of rotatable bonds is 3. The molecule has 1 unspecified atom stereocenters. The first-order chi connectivity index (χ1) is 11.9. The number of hydrogen-bond acceptors (Lipinski definition) is 3. The van der Waals surface area contributed by atoms with Crippen LogP contribution < -0.4 is 5.32 Å². The molecule has 1 atom stereocenters. The minimum atomic E-state index is -4.42. The van der Waals surface area contributed by atoms with Gasteiger partial charge < -0.3 is 15.0 Å². The normalized spacial score (nSPS) is 22.2. The van der Waals surface area contributed by atoms with Gasteiger partial charge in [0.1, 0.15) is 0 Å². The first-order valence-corrected chi connectivity index (χ1v) is 8.49. The molecule has 0 aromatic heterocycles. The maximum Gasteiger partial charge on any atom is 0.416 e. The van der Waals surface area contributed by atoms with E-state index in [-0.39, 0.29) is 17.8 Å². The summed E-state index contributed by atoms with van der Waals surface area (Å²) in [6.45, 7) is 4.30. The number of alkyl halides is 3. The van der Waals surface area contributed by atoms with Crippen LogP contribution in [0.4, 0.5) is 23.7 Å². The van der Waals surface area contributed by atoms with Crippen LogP contribution in [0.5, 0.6) is 0 Å². The van der Waals surface area contributed by atoms with Gasteiger partial charge in [0.15, 0.2) is 0 Å². The van der Waals surface area contributed by atoms with Gasteiger partial charge in [0.05, 0.1) is 11.7 Å². The summed E-state index contributed by atoms with van der Waals surface area (Å²) in [5, 5.41) is 2.56. The average molecular weight is 357 g/mol. The third-order valence-corrected chi connectivity index (χ3v) is 4.59. The molecule has 0 spiro atoms. The first kappa shape index (κ1) is 18.0. The van der Waals surface area contributed by atoms with Crippen molar-refractivity contribution in [2.75, 3.05) is 44.6 Å². The van der Waals surface area contributed by atoms with Gasteiger partial charge in [0.2, 0.25) is 0 Å². The summed E-state index contributed by atoms with van der Waals surface area (Å²) >= 11 is 0. The molecule has 0 aliphatic carbocycles. The van der Waals surface area contributed by atoms with Gasteiger partial charge in [-0.2, -0.15) is 13.2 Å². The number of hydrogen-bond donors (Lipinski definition) is 1. The van der Waals surface area contributed by atoms with Crippen molar-refractivity contribution in [2.45, 2.75) is 25.1 Å². The highest BCUT2D eigenvalue weighted by atomic mass is 19.4. The number of piperazine rings is 1. The van der Waals surface area contributed by atoms with Crippen LogP contribution in [0.2, 0.25) is 0 Å². The highest BCUT2D eigenvalue weighted by Crippen LogP contribution is 2.30. The number of nitrogens with zero attached hydrogens (tertiary/aromatic N) is 2. The van der Waals surface area contributed by atoms with Crippen molar-refractivity contribution in [3.05, 3.63) is 29.8 Å². The zero-order valence-electron chi connectivity index (χ0n) is 13.9. The molecule has 8 heteroatoms. The molecule has 5 nitrogen and oxygen atoms in total. The fourth-order valence-corrected chi connectivity index (χ4v) is 3.19. The van der Waals surface area contributed by atoms with E-state index in [1.54, 1.807) is 4.90 Å². The Labute approximate surface area is 144 Å². The van der Waals surface area contributed by atoms with E-state index in [1.807, 2.05) is 0 Å². The van der Waals surface area contributed by atoms with Crippen LogP contribution in [0, 0.1) is 0 Å². The van der Waals surface area contributed by atoms with Crippen molar-refractivity contribution >= 4 is 11.7 Å². The van der Waals surface area contributed by atoms with Crippen molar-refractivity contribution < 1.29 is 22.7 Å². The van der Waals surface area contributed by atoms with E-state index in [0.717, 1.165) is 51.2 Å². The molecule has 0 bridgehead atoms. The number of carbonyl (C=O) groups excluding carboxylic acids is 1. The van der Waals surface area contributed by atoms with Crippen molar-refractivity contribution in [1.82, 2.24) is 9.80 Å². The van der Waals surface area contributed by atoms with Crippen LogP contribution in [0.15, 0.2) is 24.3 Å². The number of ether oxygens (including phenoxy) is 1. The number of benzene rings is 1. The van der Waals surface area contributed by atoms with Gasteiger partial charge in [-0.15, -0.1) is 0 Å². The van der Waals surface area contributed by atoms with Crippen molar-refractivity contribution in [2.24, 2.45) is 0 Å². The van der Waals surface area contributed by atoms with Crippen molar-refractivity contribution in [3.63, 3.8) is 0 Å². The second kappa shape index (κ2) is 7.61. The predicted molar refractivity (Wildman–Crippen MR) is 87.4 cm³/mol. The number of carbonyl (C=O) groups is 1. The zero-order chi connectivity index (χ0) is 17.9. The molecule has 2 aliphatic heterocycles. The maximum atomic E-state index is 12.7. The Balaban J connectivity index is 1.49. The zero-order valence-corrected chi connectivity index (χ0v) is 13.9. The lowest BCUT2D eigenvalue weighted by atomic mass is 10.2. The molecule has 0 radical (unpaired) electrons. The minimum Gasteiger partial charge on any atom is -0.377 e. The summed E-state index contributed by atoms with van der Waals surface area (Å²) in [4.78, 5) is 16.2. The van der Waals surface area contributed by atoms with Crippen LogP contribution in [0.3, 0.4) is 0 Å². The van der Waals surface area contributed by atoms with Gasteiger partial charge in [-0.25, -0.2) is 4.79 Å². The molecule has 1 aromatic rings. The van der Waals surface area contributed by atoms with Crippen LogP contribution in [0.1, 0.15) is 18.4 Å². The molecule has 2 amide bonds. The lowest BCUT2D eigenvalue weighted by Gasteiger charge is -2.35. The van der Waals surface area contributed by atoms with E-state index in [1.165, 1.54) is 12.1 Å². The standard InChI is InChI=1S/C17H22F3N3O2/c18-17(19,20)13-3-1-4-14(11-13)21-16(24)23-8-6-22(7-9-23)12-15-5-2-10-25-15/h1,3-4,11,15H,2,5-10,12H2,(H,21,24). The van der Waals surface area contributed by atoms with Crippen molar-refractivity contribution in [1.29, 1.82) is 0 Å². The SMILES string of the molecule is O=C(Nc1cccc(C(F)(F)F)c1)N1CCN(CC2CCCO2)CC1. The van der Waals surface area contributed by atoms with Crippen LogP contribution in [0.25, 0.3) is 0 Å². The summed E-state index contributed by atoms with van der Waals surface area (Å²) in [5.41, 5.74) is -0.617. The molecule has 0 saturated carbocycles. The molecule has 2 heterocycles. The quantitative estimate of drug-likeness (QED) is 0.904. The Morgan fingerprint density at radius 1 is 1.24 bits per heavy atom. The number of nitrogens with one attached hydrogen (secondary N) is 1. The van der Waals surface area contributed by atoms with E-state index in [4.69, 9.17) is 4.74 Å². The Hall–Kier alpha value is -1.80. The molecule has 3 rings (SSSR count). The average Bonchev–Trinajstić information content (AvgIpc) is 3.08. The fraction of sp³-hybridized carbons (Fsp3) is 0.588. The summed E-state index contributed by atoms with van der Waals surface area (Å²) in [7, 11) is 0. The highest BCUT2D eigenvalue weighted by molar-refractivity contribution is 5.89. The highest BCUT2D eigenvalue weighted by Gasteiger charge is 2.31. The molecule has 2 saturated heterocycles. The number of urea groups is 1. The molecule has 25 heavy (non-hydrogen) atoms. The van der Waals surface area contributed by atoms with Gasteiger partial charge in [-0.1, -0.05) is 6.07 Å². The topological polar surface area (TPSA) is 44.8 Å². The molecule has 1 N–H and O–H groups in total. The second-order valence-corrected chi connectivity index (χ2v) is 6.43. The number of amides is 2. The van der Waals surface area contributed by atoms with Crippen LogP contribution >= 0.6 is 0 Å². The maximum absolute atomic E-state index is 12.7. The molecule has 138 valence electrons. The van der Waals surface area contributed by atoms with Crippen LogP contribution in [-0.4, -0.2) is 61.3 Å². The van der Waals surface area contributed by atoms with Gasteiger partial charge in [-0.05, 0) is 31.0 Å². The van der Waals surface area contributed by atoms with Gasteiger partial charge in [-0.3, -0.25) is 4.90 Å².